The van der Waals surface area contributed by atoms with Gasteiger partial charge >= 0.3 is 5.97 Å². The zero-order valence-corrected chi connectivity index (χ0v) is 11.9. The van der Waals surface area contributed by atoms with Crippen molar-refractivity contribution in [3.63, 3.8) is 0 Å². The lowest BCUT2D eigenvalue weighted by Gasteiger charge is -2.22. The van der Waals surface area contributed by atoms with Crippen LogP contribution in [0.5, 0.6) is 5.75 Å². The van der Waals surface area contributed by atoms with Gasteiger partial charge in [0.15, 0.2) is 0 Å². The fourth-order valence-electron chi connectivity index (χ4n) is 1.28. The van der Waals surface area contributed by atoms with E-state index in [2.05, 4.69) is 0 Å². The molecule has 0 atom stereocenters. The van der Waals surface area contributed by atoms with Crippen LogP contribution in [-0.2, 0) is 4.79 Å². The van der Waals surface area contributed by atoms with Crippen molar-refractivity contribution < 1.29 is 14.6 Å². The number of carbonyl (C=O) groups is 1. The van der Waals surface area contributed by atoms with Gasteiger partial charge in [-0.3, -0.25) is 0 Å². The highest BCUT2D eigenvalue weighted by atomic mass is 32.2. The summed E-state index contributed by atoms with van der Waals surface area (Å²) in [6, 6.07) is 7.57. The molecule has 0 radical (unpaired) electrons. The molecular formula is C14H18O3S. The number of aliphatic carboxylic acids is 1. The van der Waals surface area contributed by atoms with Crippen molar-refractivity contribution in [2.24, 2.45) is 5.41 Å². The quantitative estimate of drug-likeness (QED) is 0.665. The maximum Gasteiger partial charge on any atom is 0.329 e. The first kappa shape index (κ1) is 14.6. The van der Waals surface area contributed by atoms with Gasteiger partial charge in [-0.2, -0.15) is 0 Å². The van der Waals surface area contributed by atoms with Gasteiger partial charge in [0.2, 0.25) is 0 Å². The molecule has 98 valence electrons. The van der Waals surface area contributed by atoms with E-state index < -0.39 is 5.97 Å². The van der Waals surface area contributed by atoms with Crippen LogP contribution in [0, 0.1) is 5.41 Å². The summed E-state index contributed by atoms with van der Waals surface area (Å²) in [4.78, 5) is 12.7. The number of thioether (sulfide) groups is 1. The minimum Gasteiger partial charge on any atom is -0.497 e. The number of rotatable bonds is 4. The third-order valence-electron chi connectivity index (χ3n) is 2.28. The summed E-state index contributed by atoms with van der Waals surface area (Å²) < 4.78 is 5.09. The van der Waals surface area contributed by atoms with Crippen LogP contribution >= 0.6 is 11.8 Å². The smallest absolute Gasteiger partial charge is 0.329 e. The molecule has 18 heavy (non-hydrogen) atoms. The van der Waals surface area contributed by atoms with Crippen LogP contribution in [0.3, 0.4) is 0 Å². The van der Waals surface area contributed by atoms with E-state index in [1.54, 1.807) is 7.11 Å². The summed E-state index contributed by atoms with van der Waals surface area (Å²) in [7, 11) is 1.62. The molecule has 1 rings (SSSR count). The van der Waals surface area contributed by atoms with Gasteiger partial charge in [-0.05, 0) is 29.7 Å². The molecule has 0 heterocycles. The Morgan fingerprint density at radius 2 is 1.83 bits per heavy atom. The molecule has 0 amide bonds. The Bertz CT molecular complexity index is 441. The van der Waals surface area contributed by atoms with Gasteiger partial charge in [-0.15, -0.1) is 0 Å². The predicted molar refractivity (Wildman–Crippen MR) is 74.0 cm³/mol. The second kappa shape index (κ2) is 5.96. The molecule has 0 saturated carbocycles. The number of methoxy groups -OCH3 is 1. The molecule has 1 aromatic rings. The molecule has 0 unspecified atom stereocenters. The topological polar surface area (TPSA) is 46.5 Å². The number of allylic oxidation sites excluding steroid dienone is 1. The second-order valence-electron chi connectivity index (χ2n) is 4.87. The number of ether oxygens (including phenoxy) is 1. The van der Waals surface area contributed by atoms with Gasteiger partial charge in [-0.25, -0.2) is 4.79 Å². The van der Waals surface area contributed by atoms with Crippen molar-refractivity contribution in [1.82, 2.24) is 0 Å². The third kappa shape index (κ3) is 4.45. The summed E-state index contributed by atoms with van der Waals surface area (Å²) in [5, 5.41) is 8.90. The monoisotopic (exact) mass is 266 g/mol. The second-order valence-corrected chi connectivity index (χ2v) is 5.99. The Hall–Kier alpha value is -1.42. The first-order valence-corrected chi connectivity index (χ1v) is 6.41. The van der Waals surface area contributed by atoms with Crippen molar-refractivity contribution in [3.05, 3.63) is 35.2 Å². The third-order valence-corrected chi connectivity index (χ3v) is 3.74. The summed E-state index contributed by atoms with van der Waals surface area (Å²) in [6.45, 7) is 5.99. The van der Waals surface area contributed by atoms with E-state index in [-0.39, 0.29) is 5.41 Å². The van der Waals surface area contributed by atoms with Gasteiger partial charge in [0.05, 0.1) is 7.11 Å². The van der Waals surface area contributed by atoms with Gasteiger partial charge in [0.1, 0.15) is 5.75 Å². The van der Waals surface area contributed by atoms with E-state index in [1.165, 1.54) is 17.8 Å². The standard InChI is InChI=1S/C14H18O3S/c1-14(2,3)12(9-13(15)16)18-11-7-5-10(17-4)6-8-11/h5-9H,1-4H3,(H,15,16)/b12-9+. The summed E-state index contributed by atoms with van der Waals surface area (Å²) in [5.41, 5.74) is -0.191. The number of carboxylic acid groups (broad SMARTS) is 1. The molecule has 0 saturated heterocycles. The van der Waals surface area contributed by atoms with E-state index in [9.17, 15) is 4.79 Å². The lowest BCUT2D eigenvalue weighted by atomic mass is 9.96. The highest BCUT2D eigenvalue weighted by Crippen LogP contribution is 2.39. The molecule has 0 aromatic heterocycles. The Morgan fingerprint density at radius 1 is 1.28 bits per heavy atom. The first-order chi connectivity index (χ1) is 8.32. The molecule has 0 aliphatic heterocycles. The minimum absolute atomic E-state index is 0.191. The van der Waals surface area contributed by atoms with E-state index in [0.29, 0.717) is 0 Å². The minimum atomic E-state index is -0.916. The maximum atomic E-state index is 10.8. The van der Waals surface area contributed by atoms with Gasteiger partial charge in [0, 0.05) is 15.9 Å². The maximum absolute atomic E-state index is 10.8. The lowest BCUT2D eigenvalue weighted by Crippen LogP contribution is -2.08. The van der Waals surface area contributed by atoms with Crippen LogP contribution in [0.15, 0.2) is 40.1 Å². The Morgan fingerprint density at radius 3 is 2.22 bits per heavy atom. The molecule has 0 aliphatic carbocycles. The zero-order valence-electron chi connectivity index (χ0n) is 11.1. The molecule has 4 heteroatoms. The Balaban J connectivity index is 2.93. The van der Waals surface area contributed by atoms with E-state index in [4.69, 9.17) is 9.84 Å². The highest BCUT2D eigenvalue weighted by Gasteiger charge is 2.19. The normalized spacial score (nSPS) is 12.3. The average molecular weight is 266 g/mol. The first-order valence-electron chi connectivity index (χ1n) is 5.60. The van der Waals surface area contributed by atoms with Crippen LogP contribution in [0.25, 0.3) is 0 Å². The molecule has 1 N–H and O–H groups in total. The molecule has 0 bridgehead atoms. The van der Waals surface area contributed by atoms with Crippen molar-refractivity contribution in [3.8, 4) is 5.75 Å². The van der Waals surface area contributed by atoms with Crippen LogP contribution in [0.4, 0.5) is 0 Å². The molecular weight excluding hydrogens is 248 g/mol. The molecule has 0 aliphatic rings. The summed E-state index contributed by atoms with van der Waals surface area (Å²) in [6.07, 6.45) is 1.27. The lowest BCUT2D eigenvalue weighted by molar-refractivity contribution is -0.131. The predicted octanol–water partition coefficient (Wildman–Crippen LogP) is 3.80. The fraction of sp³-hybridized carbons (Fsp3) is 0.357. The van der Waals surface area contributed by atoms with E-state index in [1.807, 2.05) is 45.0 Å². The SMILES string of the molecule is COc1ccc(S/C(=C/C(=O)O)C(C)(C)C)cc1. The Kier molecular flexibility index (Phi) is 4.84. The number of hydrogen-bond acceptors (Lipinski definition) is 3. The number of hydrogen-bond donors (Lipinski definition) is 1. The molecule has 3 nitrogen and oxygen atoms in total. The van der Waals surface area contributed by atoms with Gasteiger partial charge in [-0.1, -0.05) is 32.5 Å². The molecule has 0 fully saturated rings. The van der Waals surface area contributed by atoms with Crippen LogP contribution in [-0.4, -0.2) is 18.2 Å². The average Bonchev–Trinajstić information content (AvgIpc) is 2.27. The van der Waals surface area contributed by atoms with Crippen molar-refractivity contribution >= 4 is 17.7 Å². The van der Waals surface area contributed by atoms with Crippen LogP contribution < -0.4 is 4.74 Å². The van der Waals surface area contributed by atoms with E-state index >= 15 is 0 Å². The highest BCUT2D eigenvalue weighted by molar-refractivity contribution is 8.03. The van der Waals surface area contributed by atoms with Crippen molar-refractivity contribution in [2.75, 3.05) is 7.11 Å². The fourth-order valence-corrected chi connectivity index (χ4v) is 2.27. The van der Waals surface area contributed by atoms with E-state index in [0.717, 1.165) is 15.6 Å². The Labute approximate surface area is 112 Å². The zero-order chi connectivity index (χ0) is 13.8. The summed E-state index contributed by atoms with van der Waals surface area (Å²) in [5.74, 6) is -0.125. The number of benzene rings is 1. The number of carboxylic acids is 1. The molecule has 0 spiro atoms. The largest absolute Gasteiger partial charge is 0.497 e. The molecule has 1 aromatic carbocycles. The van der Waals surface area contributed by atoms with Crippen molar-refractivity contribution in [1.29, 1.82) is 0 Å². The van der Waals surface area contributed by atoms with Gasteiger partial charge in [0.25, 0.3) is 0 Å². The van der Waals surface area contributed by atoms with Crippen LogP contribution in [0.2, 0.25) is 0 Å². The van der Waals surface area contributed by atoms with Crippen molar-refractivity contribution in [2.45, 2.75) is 25.7 Å². The van der Waals surface area contributed by atoms with Crippen LogP contribution in [0.1, 0.15) is 20.8 Å². The summed E-state index contributed by atoms with van der Waals surface area (Å²) >= 11 is 1.47. The van der Waals surface area contributed by atoms with Gasteiger partial charge < -0.3 is 9.84 Å².